The summed E-state index contributed by atoms with van der Waals surface area (Å²) in [7, 11) is 0. The van der Waals surface area contributed by atoms with Gasteiger partial charge in [-0.1, -0.05) is 0 Å². The Kier molecular flexibility index (Phi) is 4.58. The molecule has 7 nitrogen and oxygen atoms in total. The van der Waals surface area contributed by atoms with Crippen molar-refractivity contribution in [2.75, 3.05) is 42.9 Å². The number of nitrogens with zero attached hydrogens (tertiary/aromatic N) is 3. The second kappa shape index (κ2) is 7.19. The number of nitrogens with one attached hydrogen (secondary N) is 2. The SMILES string of the molecule is CCNc1cccnc1N1CCN(C(=O)c2cc3cc(O)ccc3[nH]2)CC1. The molecule has 0 atom stereocenters. The lowest BCUT2D eigenvalue weighted by Gasteiger charge is -2.36. The van der Waals surface area contributed by atoms with Gasteiger partial charge in [0.2, 0.25) is 0 Å². The smallest absolute Gasteiger partial charge is 0.270 e. The molecular formula is C20H23N5O2. The van der Waals surface area contributed by atoms with Crippen LogP contribution in [-0.4, -0.2) is 58.6 Å². The van der Waals surface area contributed by atoms with Gasteiger partial charge in [0.05, 0.1) is 5.69 Å². The molecule has 140 valence electrons. The highest BCUT2D eigenvalue weighted by Crippen LogP contribution is 2.25. The van der Waals surface area contributed by atoms with Crippen molar-refractivity contribution in [3.8, 4) is 5.75 Å². The van der Waals surface area contributed by atoms with Crippen molar-refractivity contribution in [2.24, 2.45) is 0 Å². The van der Waals surface area contributed by atoms with E-state index in [2.05, 4.69) is 27.1 Å². The third-order valence-electron chi connectivity index (χ3n) is 4.86. The summed E-state index contributed by atoms with van der Waals surface area (Å²) in [4.78, 5) is 24.6. The Hall–Kier alpha value is -3.22. The van der Waals surface area contributed by atoms with Crippen LogP contribution in [0.15, 0.2) is 42.6 Å². The van der Waals surface area contributed by atoms with E-state index in [0.29, 0.717) is 18.8 Å². The van der Waals surface area contributed by atoms with Crippen molar-refractivity contribution in [1.29, 1.82) is 0 Å². The predicted molar refractivity (Wildman–Crippen MR) is 106 cm³/mol. The van der Waals surface area contributed by atoms with Gasteiger partial charge in [-0.05, 0) is 43.3 Å². The topological polar surface area (TPSA) is 84.5 Å². The zero-order valence-corrected chi connectivity index (χ0v) is 15.3. The molecule has 1 aliphatic rings. The Balaban J connectivity index is 1.46. The fourth-order valence-electron chi connectivity index (χ4n) is 3.50. The van der Waals surface area contributed by atoms with E-state index < -0.39 is 0 Å². The number of anilines is 2. The summed E-state index contributed by atoms with van der Waals surface area (Å²) < 4.78 is 0. The molecule has 0 spiro atoms. The van der Waals surface area contributed by atoms with Crippen LogP contribution >= 0.6 is 0 Å². The molecule has 1 fully saturated rings. The second-order valence-electron chi connectivity index (χ2n) is 6.64. The van der Waals surface area contributed by atoms with Crippen molar-refractivity contribution < 1.29 is 9.90 Å². The van der Waals surface area contributed by atoms with E-state index in [1.54, 1.807) is 30.5 Å². The Bertz CT molecular complexity index is 960. The number of aromatic hydroxyl groups is 1. The number of aromatic amines is 1. The van der Waals surface area contributed by atoms with E-state index in [9.17, 15) is 9.90 Å². The normalized spacial score (nSPS) is 14.6. The summed E-state index contributed by atoms with van der Waals surface area (Å²) in [6, 6.07) is 10.8. The molecule has 3 aromatic rings. The summed E-state index contributed by atoms with van der Waals surface area (Å²) in [6.07, 6.45) is 1.80. The molecule has 0 unspecified atom stereocenters. The third kappa shape index (κ3) is 3.40. The fraction of sp³-hybridized carbons (Fsp3) is 0.300. The number of fused-ring (bicyclic) bond motifs is 1. The zero-order chi connectivity index (χ0) is 18.8. The number of H-pyrrole nitrogens is 1. The van der Waals surface area contributed by atoms with Gasteiger partial charge in [0.25, 0.3) is 5.91 Å². The number of carbonyl (C=O) groups is 1. The second-order valence-corrected chi connectivity index (χ2v) is 6.64. The molecule has 1 saturated heterocycles. The van der Waals surface area contributed by atoms with Gasteiger partial charge in [0, 0.05) is 49.8 Å². The number of benzene rings is 1. The molecule has 0 aliphatic carbocycles. The largest absolute Gasteiger partial charge is 0.508 e. The van der Waals surface area contributed by atoms with Crippen molar-refractivity contribution >= 4 is 28.3 Å². The number of pyridine rings is 1. The molecule has 3 N–H and O–H groups in total. The number of piperazine rings is 1. The van der Waals surface area contributed by atoms with Gasteiger partial charge >= 0.3 is 0 Å². The maximum atomic E-state index is 12.9. The standard InChI is InChI=1S/C20H23N5O2/c1-2-21-17-4-3-7-22-19(17)24-8-10-25(11-9-24)20(27)18-13-14-12-15(26)5-6-16(14)23-18/h3-7,12-13,21,23,26H,2,8-11H2,1H3. The Morgan fingerprint density at radius 3 is 2.81 bits per heavy atom. The zero-order valence-electron chi connectivity index (χ0n) is 15.3. The molecule has 4 rings (SSSR count). The minimum Gasteiger partial charge on any atom is -0.508 e. The first kappa shape index (κ1) is 17.2. The molecule has 0 saturated carbocycles. The Labute approximate surface area is 157 Å². The van der Waals surface area contributed by atoms with Crippen LogP contribution in [0.3, 0.4) is 0 Å². The van der Waals surface area contributed by atoms with Crippen LogP contribution in [-0.2, 0) is 0 Å². The maximum absolute atomic E-state index is 12.9. The number of rotatable bonds is 4. The summed E-state index contributed by atoms with van der Waals surface area (Å²) in [5.41, 5.74) is 2.42. The minimum absolute atomic E-state index is 0.0155. The predicted octanol–water partition coefficient (Wildman–Crippen LogP) is 2.66. The quantitative estimate of drug-likeness (QED) is 0.662. The van der Waals surface area contributed by atoms with Gasteiger partial charge in [0.1, 0.15) is 11.4 Å². The number of hydrogen-bond acceptors (Lipinski definition) is 5. The first-order chi connectivity index (χ1) is 13.2. The minimum atomic E-state index is -0.0155. The van der Waals surface area contributed by atoms with Crippen LogP contribution in [0.2, 0.25) is 0 Å². The van der Waals surface area contributed by atoms with Gasteiger partial charge in [-0.2, -0.15) is 0 Å². The third-order valence-corrected chi connectivity index (χ3v) is 4.86. The van der Waals surface area contributed by atoms with E-state index in [1.165, 1.54) is 0 Å². The molecule has 0 radical (unpaired) electrons. The highest BCUT2D eigenvalue weighted by atomic mass is 16.3. The van der Waals surface area contributed by atoms with Gasteiger partial charge in [-0.25, -0.2) is 4.98 Å². The van der Waals surface area contributed by atoms with Crippen molar-refractivity contribution in [2.45, 2.75) is 6.92 Å². The van der Waals surface area contributed by atoms with E-state index >= 15 is 0 Å². The van der Waals surface area contributed by atoms with Gasteiger partial charge < -0.3 is 25.2 Å². The summed E-state index contributed by atoms with van der Waals surface area (Å²) in [6.45, 7) is 5.66. The lowest BCUT2D eigenvalue weighted by Crippen LogP contribution is -2.49. The first-order valence-corrected chi connectivity index (χ1v) is 9.20. The van der Waals surface area contributed by atoms with Crippen LogP contribution in [0, 0.1) is 0 Å². The first-order valence-electron chi connectivity index (χ1n) is 9.20. The molecule has 2 aromatic heterocycles. The molecule has 27 heavy (non-hydrogen) atoms. The number of phenols is 1. The monoisotopic (exact) mass is 365 g/mol. The van der Waals surface area contributed by atoms with E-state index in [4.69, 9.17) is 0 Å². The Morgan fingerprint density at radius 1 is 1.22 bits per heavy atom. The summed E-state index contributed by atoms with van der Waals surface area (Å²) in [5, 5.41) is 13.8. The molecule has 7 heteroatoms. The van der Waals surface area contributed by atoms with Crippen molar-refractivity contribution in [3.05, 3.63) is 48.3 Å². The number of aromatic nitrogens is 2. The Morgan fingerprint density at radius 2 is 2.04 bits per heavy atom. The molecular weight excluding hydrogens is 342 g/mol. The average Bonchev–Trinajstić information content (AvgIpc) is 3.11. The lowest BCUT2D eigenvalue weighted by atomic mass is 10.2. The number of hydrogen-bond donors (Lipinski definition) is 3. The number of amides is 1. The van der Waals surface area contributed by atoms with Crippen LogP contribution in [0.4, 0.5) is 11.5 Å². The highest BCUT2D eigenvalue weighted by Gasteiger charge is 2.25. The average molecular weight is 365 g/mol. The summed E-state index contributed by atoms with van der Waals surface area (Å²) >= 11 is 0. The van der Waals surface area contributed by atoms with E-state index in [1.807, 2.05) is 17.0 Å². The van der Waals surface area contributed by atoms with Crippen LogP contribution in [0.25, 0.3) is 10.9 Å². The molecule has 1 amide bonds. The van der Waals surface area contributed by atoms with Crippen molar-refractivity contribution in [1.82, 2.24) is 14.9 Å². The van der Waals surface area contributed by atoms with Crippen LogP contribution in [0.5, 0.6) is 5.75 Å². The number of carbonyl (C=O) groups excluding carboxylic acids is 1. The van der Waals surface area contributed by atoms with Crippen LogP contribution < -0.4 is 10.2 Å². The van der Waals surface area contributed by atoms with Gasteiger partial charge in [-0.15, -0.1) is 0 Å². The van der Waals surface area contributed by atoms with Crippen molar-refractivity contribution in [3.63, 3.8) is 0 Å². The summed E-state index contributed by atoms with van der Waals surface area (Å²) in [5.74, 6) is 1.12. The maximum Gasteiger partial charge on any atom is 0.270 e. The van der Waals surface area contributed by atoms with E-state index in [0.717, 1.165) is 42.0 Å². The highest BCUT2D eigenvalue weighted by molar-refractivity contribution is 5.98. The molecule has 1 aromatic carbocycles. The van der Waals surface area contributed by atoms with Crippen LogP contribution in [0.1, 0.15) is 17.4 Å². The van der Waals surface area contributed by atoms with Gasteiger partial charge in [-0.3, -0.25) is 4.79 Å². The molecule has 0 bridgehead atoms. The van der Waals surface area contributed by atoms with Gasteiger partial charge in [0.15, 0.2) is 5.82 Å². The fourth-order valence-corrected chi connectivity index (χ4v) is 3.50. The lowest BCUT2D eigenvalue weighted by molar-refractivity contribution is 0.0741. The molecule has 1 aliphatic heterocycles. The molecule has 3 heterocycles. The van der Waals surface area contributed by atoms with E-state index in [-0.39, 0.29) is 11.7 Å². The number of phenolic OH excluding ortho intramolecular Hbond substituents is 1.